The number of rotatable bonds is 0. The molecular weight excluding hydrogens is 148 g/mol. The number of hydrogen-bond acceptors (Lipinski definition) is 1. The molecule has 1 saturated carbocycles. The van der Waals surface area contributed by atoms with Gasteiger partial charge >= 0.3 is 0 Å². The average molecular weight is 162 g/mol. The molecule has 0 heterocycles. The molecule has 0 saturated heterocycles. The van der Waals surface area contributed by atoms with E-state index >= 15 is 0 Å². The van der Waals surface area contributed by atoms with Crippen LogP contribution in [0.1, 0.15) is 32.6 Å². The first kappa shape index (κ1) is 7.78. The van der Waals surface area contributed by atoms with E-state index in [1.54, 1.807) is 0 Å². The minimum Gasteiger partial charge on any atom is -0.295 e. The largest absolute Gasteiger partial charge is 0.295 e. The second-order valence-corrected chi connectivity index (χ2v) is 4.07. The van der Waals surface area contributed by atoms with Crippen LogP contribution in [0.3, 0.4) is 0 Å². The van der Waals surface area contributed by atoms with Crippen LogP contribution in [0, 0.1) is 5.41 Å². The van der Waals surface area contributed by atoms with Gasteiger partial charge in [-0.05, 0) is 25.3 Å². The molecule has 2 rings (SSSR count). The third-order valence-corrected chi connectivity index (χ3v) is 3.39. The van der Waals surface area contributed by atoms with Gasteiger partial charge < -0.3 is 0 Å². The number of hydrogen-bond donors (Lipinski definition) is 0. The lowest BCUT2D eigenvalue weighted by Gasteiger charge is -2.30. The quantitative estimate of drug-likeness (QED) is 0.500. The number of carbonyl (C=O) groups excluding carboxylic acids is 1. The molecule has 0 amide bonds. The molecule has 1 heteroatoms. The van der Waals surface area contributed by atoms with Crippen molar-refractivity contribution in [2.24, 2.45) is 5.41 Å². The van der Waals surface area contributed by atoms with Crippen molar-refractivity contribution in [1.29, 1.82) is 0 Å². The van der Waals surface area contributed by atoms with Gasteiger partial charge in [-0.3, -0.25) is 4.79 Å². The maximum Gasteiger partial charge on any atom is 0.155 e. The smallest absolute Gasteiger partial charge is 0.155 e. The summed E-state index contributed by atoms with van der Waals surface area (Å²) in [4.78, 5) is 11.1. The summed E-state index contributed by atoms with van der Waals surface area (Å²) in [5.41, 5.74) is 2.82. The van der Waals surface area contributed by atoms with Crippen molar-refractivity contribution in [3.05, 3.63) is 23.8 Å². The predicted octanol–water partition coefficient (Wildman–Crippen LogP) is 2.63. The topological polar surface area (TPSA) is 17.1 Å². The normalized spacial score (nSPS) is 34.9. The first-order chi connectivity index (χ1) is 5.63. The van der Waals surface area contributed by atoms with Crippen molar-refractivity contribution in [2.45, 2.75) is 32.6 Å². The molecule has 64 valence electrons. The van der Waals surface area contributed by atoms with Crippen LogP contribution in [0.2, 0.25) is 0 Å². The van der Waals surface area contributed by atoms with Gasteiger partial charge in [0, 0.05) is 11.8 Å². The minimum absolute atomic E-state index is 0.175. The Morgan fingerprint density at radius 1 is 1.42 bits per heavy atom. The third-order valence-electron chi connectivity index (χ3n) is 3.39. The zero-order chi connectivity index (χ0) is 8.77. The molecule has 0 aromatic rings. The van der Waals surface area contributed by atoms with Crippen LogP contribution in [0.4, 0.5) is 0 Å². The van der Waals surface area contributed by atoms with E-state index in [1.807, 2.05) is 6.08 Å². The summed E-state index contributed by atoms with van der Waals surface area (Å²) < 4.78 is 0. The van der Waals surface area contributed by atoms with Gasteiger partial charge in [0.1, 0.15) is 0 Å². The molecule has 1 nitrogen and oxygen atoms in total. The van der Waals surface area contributed by atoms with Crippen molar-refractivity contribution < 1.29 is 4.79 Å². The van der Waals surface area contributed by atoms with Crippen LogP contribution >= 0.6 is 0 Å². The average Bonchev–Trinajstić information content (AvgIpc) is 2.31. The predicted molar refractivity (Wildman–Crippen MR) is 48.8 cm³/mol. The molecule has 0 N–H and O–H groups in total. The van der Waals surface area contributed by atoms with E-state index in [9.17, 15) is 4.79 Å². The Labute approximate surface area is 73.2 Å². The summed E-state index contributed by atoms with van der Waals surface area (Å²) in [5, 5.41) is 0. The second-order valence-electron chi connectivity index (χ2n) is 4.07. The summed E-state index contributed by atoms with van der Waals surface area (Å²) in [7, 11) is 0. The zero-order valence-electron chi connectivity index (χ0n) is 7.52. The van der Waals surface area contributed by atoms with Crippen molar-refractivity contribution in [3.63, 3.8) is 0 Å². The molecule has 2 aliphatic carbocycles. The summed E-state index contributed by atoms with van der Waals surface area (Å²) >= 11 is 0. The molecule has 1 fully saturated rings. The fourth-order valence-corrected chi connectivity index (χ4v) is 2.27. The Hall–Kier alpha value is -0.850. The molecule has 0 radical (unpaired) electrons. The molecule has 0 aromatic carbocycles. The maximum absolute atomic E-state index is 11.1. The van der Waals surface area contributed by atoms with E-state index in [1.165, 1.54) is 11.1 Å². The lowest BCUT2D eigenvalue weighted by Crippen LogP contribution is -2.22. The highest BCUT2D eigenvalue weighted by atomic mass is 16.1. The molecule has 0 aliphatic heterocycles. The minimum atomic E-state index is 0.175. The van der Waals surface area contributed by atoms with Gasteiger partial charge in [0.05, 0.1) is 0 Å². The van der Waals surface area contributed by atoms with Crippen molar-refractivity contribution in [1.82, 2.24) is 0 Å². The van der Waals surface area contributed by atoms with E-state index in [0.29, 0.717) is 12.2 Å². The maximum atomic E-state index is 11.1. The van der Waals surface area contributed by atoms with Crippen LogP contribution in [-0.2, 0) is 4.79 Å². The van der Waals surface area contributed by atoms with Crippen LogP contribution < -0.4 is 0 Å². The highest BCUT2D eigenvalue weighted by Gasteiger charge is 2.39. The number of fused-ring (bicyclic) bond motifs is 1. The Balaban J connectivity index is 2.43. The van der Waals surface area contributed by atoms with Crippen LogP contribution in [0.5, 0.6) is 0 Å². The van der Waals surface area contributed by atoms with Gasteiger partial charge in [-0.15, -0.1) is 0 Å². The fourth-order valence-electron chi connectivity index (χ4n) is 2.27. The summed E-state index contributed by atoms with van der Waals surface area (Å²) in [6.45, 7) is 6.31. The number of carbonyl (C=O) groups is 1. The monoisotopic (exact) mass is 162 g/mol. The Bertz CT molecular complexity index is 285. The van der Waals surface area contributed by atoms with E-state index in [-0.39, 0.29) is 5.41 Å². The molecule has 2 aliphatic rings. The van der Waals surface area contributed by atoms with Crippen LogP contribution in [0.25, 0.3) is 0 Å². The van der Waals surface area contributed by atoms with E-state index < -0.39 is 0 Å². The van der Waals surface area contributed by atoms with Gasteiger partial charge in [-0.2, -0.15) is 0 Å². The Morgan fingerprint density at radius 2 is 2.17 bits per heavy atom. The van der Waals surface area contributed by atoms with Crippen LogP contribution in [-0.4, -0.2) is 5.78 Å². The van der Waals surface area contributed by atoms with Gasteiger partial charge in [-0.1, -0.05) is 24.6 Å². The molecule has 0 bridgehead atoms. The lowest BCUT2D eigenvalue weighted by molar-refractivity contribution is -0.115. The summed E-state index contributed by atoms with van der Waals surface area (Å²) in [6.07, 6.45) is 5.67. The van der Waals surface area contributed by atoms with Crippen molar-refractivity contribution >= 4 is 5.78 Å². The van der Waals surface area contributed by atoms with Crippen LogP contribution in [0.15, 0.2) is 23.8 Å². The van der Waals surface area contributed by atoms with Gasteiger partial charge in [0.15, 0.2) is 5.78 Å². The fraction of sp³-hybridized carbons (Fsp3) is 0.545. The van der Waals surface area contributed by atoms with E-state index in [4.69, 9.17) is 0 Å². The summed E-state index contributed by atoms with van der Waals surface area (Å²) in [6, 6.07) is 0. The standard InChI is InChI=1S/C11H14O/c1-8-3-4-9-7-10(12)5-6-11(8,9)2/h7H,1,3-6H2,2H3/t11-/m1/s1. The Kier molecular flexibility index (Phi) is 1.50. The number of ketones is 1. The van der Waals surface area contributed by atoms with Gasteiger partial charge in [0.25, 0.3) is 0 Å². The lowest BCUT2D eigenvalue weighted by atomic mass is 9.74. The van der Waals surface area contributed by atoms with E-state index in [0.717, 1.165) is 19.3 Å². The van der Waals surface area contributed by atoms with Gasteiger partial charge in [0.2, 0.25) is 0 Å². The summed E-state index contributed by atoms with van der Waals surface area (Å²) in [5.74, 6) is 0.303. The first-order valence-electron chi connectivity index (χ1n) is 4.55. The zero-order valence-corrected chi connectivity index (χ0v) is 7.52. The highest BCUT2D eigenvalue weighted by Crippen LogP contribution is 2.51. The molecule has 1 atom stereocenters. The third kappa shape index (κ3) is 0.889. The van der Waals surface area contributed by atoms with Crippen molar-refractivity contribution in [3.8, 4) is 0 Å². The molecule has 0 aromatic heterocycles. The van der Waals surface area contributed by atoms with E-state index in [2.05, 4.69) is 13.5 Å². The molecular formula is C11H14O. The number of allylic oxidation sites excluding steroid dienone is 3. The molecule has 12 heavy (non-hydrogen) atoms. The highest BCUT2D eigenvalue weighted by molar-refractivity contribution is 5.92. The molecule has 0 unspecified atom stereocenters. The van der Waals surface area contributed by atoms with Gasteiger partial charge in [-0.25, -0.2) is 0 Å². The Morgan fingerprint density at radius 3 is 2.92 bits per heavy atom. The first-order valence-corrected chi connectivity index (χ1v) is 4.55. The second kappa shape index (κ2) is 2.32. The SMILES string of the molecule is C=C1CCC2=CC(=O)CC[C@]12C. The molecule has 0 spiro atoms. The van der Waals surface area contributed by atoms with Crippen molar-refractivity contribution in [2.75, 3.05) is 0 Å².